The fourth-order valence-electron chi connectivity index (χ4n) is 1.99. The highest BCUT2D eigenvalue weighted by Gasteiger charge is 2.31. The Bertz CT molecular complexity index is 436. The molecule has 1 rings (SSSR count). The molecule has 0 saturated heterocycles. The zero-order chi connectivity index (χ0) is 15.9. The third kappa shape index (κ3) is 6.35. The van der Waals surface area contributed by atoms with E-state index < -0.39 is 18.2 Å². The van der Waals surface area contributed by atoms with Gasteiger partial charge in [-0.2, -0.15) is 13.2 Å². The normalized spacial score (nSPS) is 12.7. The first-order valence-corrected chi connectivity index (χ1v) is 8.22. The molecule has 0 radical (unpaired) electrons. The maximum Gasteiger partial charge on any atom is 0.411 e. The molecule has 0 aliphatic carbocycles. The lowest BCUT2D eigenvalue weighted by molar-refractivity contribution is -0.174. The number of benzene rings is 1. The van der Waals surface area contributed by atoms with Crippen molar-refractivity contribution < 1.29 is 17.9 Å². The van der Waals surface area contributed by atoms with Crippen molar-refractivity contribution in [2.45, 2.75) is 24.4 Å². The number of ether oxygens (including phenoxy) is 1. The van der Waals surface area contributed by atoms with E-state index >= 15 is 0 Å². The second kappa shape index (κ2) is 8.61. The molecule has 1 aromatic rings. The standard InChI is InChI=1S/C14H16BrCl2F3O/c15-12-4-1-3-11(7-12)13(8-16,9-17)5-2-6-21-10-14(18,19)20/h1,3-4,7H,2,5-6,8-10H2. The van der Waals surface area contributed by atoms with Crippen LogP contribution in [0.5, 0.6) is 0 Å². The van der Waals surface area contributed by atoms with Crippen LogP contribution in [-0.4, -0.2) is 31.2 Å². The highest BCUT2D eigenvalue weighted by molar-refractivity contribution is 9.10. The Kier molecular flexibility index (Phi) is 7.82. The lowest BCUT2D eigenvalue weighted by Gasteiger charge is -2.30. The lowest BCUT2D eigenvalue weighted by Crippen LogP contribution is -2.31. The van der Waals surface area contributed by atoms with Crippen LogP contribution in [0.2, 0.25) is 0 Å². The van der Waals surface area contributed by atoms with Gasteiger partial charge in [0, 0.05) is 28.3 Å². The minimum atomic E-state index is -4.29. The largest absolute Gasteiger partial charge is 0.411 e. The molecule has 1 aromatic carbocycles. The van der Waals surface area contributed by atoms with Gasteiger partial charge < -0.3 is 4.74 Å². The van der Waals surface area contributed by atoms with Crippen LogP contribution in [0, 0.1) is 0 Å². The van der Waals surface area contributed by atoms with Gasteiger partial charge >= 0.3 is 6.18 Å². The third-order valence-corrected chi connectivity index (χ3v) is 4.67. The monoisotopic (exact) mass is 406 g/mol. The van der Waals surface area contributed by atoms with Crippen molar-refractivity contribution in [1.82, 2.24) is 0 Å². The van der Waals surface area contributed by atoms with Gasteiger partial charge in [0.1, 0.15) is 6.61 Å². The van der Waals surface area contributed by atoms with Gasteiger partial charge in [0.2, 0.25) is 0 Å². The van der Waals surface area contributed by atoms with Crippen LogP contribution in [0.1, 0.15) is 18.4 Å². The quantitative estimate of drug-likeness (QED) is 0.407. The number of halogens is 6. The van der Waals surface area contributed by atoms with Crippen LogP contribution in [0.3, 0.4) is 0 Å². The van der Waals surface area contributed by atoms with Crippen molar-refractivity contribution in [3.8, 4) is 0 Å². The number of hydrogen-bond donors (Lipinski definition) is 0. The number of rotatable bonds is 8. The van der Waals surface area contributed by atoms with Crippen LogP contribution in [0.25, 0.3) is 0 Å². The Morgan fingerprint density at radius 1 is 1.14 bits per heavy atom. The Labute approximate surface area is 140 Å². The molecule has 0 fully saturated rings. The molecule has 0 heterocycles. The summed E-state index contributed by atoms with van der Waals surface area (Å²) in [4.78, 5) is 0. The number of alkyl halides is 5. The van der Waals surface area contributed by atoms with Gasteiger partial charge in [0.15, 0.2) is 0 Å². The second-order valence-electron chi connectivity index (χ2n) is 4.83. The van der Waals surface area contributed by atoms with Crippen molar-refractivity contribution in [3.63, 3.8) is 0 Å². The van der Waals surface area contributed by atoms with Crippen LogP contribution in [0.15, 0.2) is 28.7 Å². The molecule has 0 bridgehead atoms. The predicted octanol–water partition coefficient (Wildman–Crippen LogP) is 5.52. The Morgan fingerprint density at radius 2 is 1.81 bits per heavy atom. The summed E-state index contributed by atoms with van der Waals surface area (Å²) in [6.07, 6.45) is -3.27. The molecule has 7 heteroatoms. The third-order valence-electron chi connectivity index (χ3n) is 3.16. The zero-order valence-corrected chi connectivity index (χ0v) is 14.3. The Hall–Kier alpha value is 0.0300. The van der Waals surface area contributed by atoms with Crippen molar-refractivity contribution >= 4 is 39.1 Å². The minimum Gasteiger partial charge on any atom is -0.372 e. The van der Waals surface area contributed by atoms with Crippen molar-refractivity contribution in [2.24, 2.45) is 0 Å². The van der Waals surface area contributed by atoms with Crippen molar-refractivity contribution in [1.29, 1.82) is 0 Å². The summed E-state index contributed by atoms with van der Waals surface area (Å²) in [6, 6.07) is 7.63. The van der Waals surface area contributed by atoms with Gasteiger partial charge in [-0.25, -0.2) is 0 Å². The molecule has 0 spiro atoms. The molecule has 0 saturated carbocycles. The van der Waals surface area contributed by atoms with Crippen LogP contribution in [-0.2, 0) is 10.2 Å². The molecule has 0 unspecified atom stereocenters. The van der Waals surface area contributed by atoms with Crippen LogP contribution < -0.4 is 0 Å². The first-order chi connectivity index (χ1) is 9.83. The van der Waals surface area contributed by atoms with E-state index in [1.807, 2.05) is 24.3 Å². The smallest absolute Gasteiger partial charge is 0.372 e. The average Bonchev–Trinajstić information content (AvgIpc) is 2.42. The van der Waals surface area contributed by atoms with Crippen LogP contribution >= 0.6 is 39.1 Å². The molecule has 1 nitrogen and oxygen atoms in total. The predicted molar refractivity (Wildman–Crippen MR) is 83.4 cm³/mol. The highest BCUT2D eigenvalue weighted by atomic mass is 79.9. The van der Waals surface area contributed by atoms with Gasteiger partial charge in [-0.05, 0) is 30.5 Å². The second-order valence-corrected chi connectivity index (χ2v) is 6.28. The van der Waals surface area contributed by atoms with E-state index in [4.69, 9.17) is 23.2 Å². The summed E-state index contributed by atoms with van der Waals surface area (Å²) >= 11 is 15.5. The molecule has 0 N–H and O–H groups in total. The topological polar surface area (TPSA) is 9.23 Å². The molecule has 0 amide bonds. The average molecular weight is 408 g/mol. The lowest BCUT2D eigenvalue weighted by atomic mass is 9.80. The molecule has 0 aromatic heterocycles. The van der Waals surface area contributed by atoms with E-state index in [1.165, 1.54) is 0 Å². The van der Waals surface area contributed by atoms with Crippen molar-refractivity contribution in [3.05, 3.63) is 34.3 Å². The Balaban J connectivity index is 2.61. The highest BCUT2D eigenvalue weighted by Crippen LogP contribution is 2.34. The van der Waals surface area contributed by atoms with E-state index in [-0.39, 0.29) is 6.61 Å². The summed E-state index contributed by atoms with van der Waals surface area (Å²) in [5, 5.41) is 0. The SMILES string of the molecule is FC(F)(F)COCCCC(CCl)(CCl)c1cccc(Br)c1. The zero-order valence-electron chi connectivity index (χ0n) is 11.2. The number of hydrogen-bond acceptors (Lipinski definition) is 1. The van der Waals surface area contributed by atoms with Gasteiger partial charge in [-0.1, -0.05) is 28.1 Å². The van der Waals surface area contributed by atoms with E-state index in [0.717, 1.165) is 10.0 Å². The summed E-state index contributed by atoms with van der Waals surface area (Å²) in [7, 11) is 0. The molecule has 0 aliphatic rings. The summed E-state index contributed by atoms with van der Waals surface area (Å²) in [6.45, 7) is -1.19. The fraction of sp³-hybridized carbons (Fsp3) is 0.571. The fourth-order valence-corrected chi connectivity index (χ4v) is 3.25. The minimum absolute atomic E-state index is 0.0308. The van der Waals surface area contributed by atoms with E-state index in [0.29, 0.717) is 24.6 Å². The molecule has 0 atom stereocenters. The summed E-state index contributed by atoms with van der Waals surface area (Å²) in [5.74, 6) is 0.596. The molecule has 120 valence electrons. The molecule has 0 aliphatic heterocycles. The van der Waals surface area contributed by atoms with Gasteiger partial charge in [0.25, 0.3) is 0 Å². The van der Waals surface area contributed by atoms with Gasteiger partial charge in [-0.3, -0.25) is 0 Å². The maximum absolute atomic E-state index is 12.0. The van der Waals surface area contributed by atoms with Gasteiger partial charge in [-0.15, -0.1) is 23.2 Å². The summed E-state index contributed by atoms with van der Waals surface area (Å²) < 4.78 is 41.5. The molecular formula is C14H16BrCl2F3O. The van der Waals surface area contributed by atoms with E-state index in [9.17, 15) is 13.2 Å². The van der Waals surface area contributed by atoms with Crippen LogP contribution in [0.4, 0.5) is 13.2 Å². The first-order valence-electron chi connectivity index (χ1n) is 6.35. The molecule has 21 heavy (non-hydrogen) atoms. The summed E-state index contributed by atoms with van der Waals surface area (Å²) in [5.41, 5.74) is 0.506. The van der Waals surface area contributed by atoms with E-state index in [2.05, 4.69) is 20.7 Å². The van der Waals surface area contributed by atoms with E-state index in [1.54, 1.807) is 0 Å². The molecular weight excluding hydrogens is 392 g/mol. The van der Waals surface area contributed by atoms with Gasteiger partial charge in [0.05, 0.1) is 0 Å². The Morgan fingerprint density at radius 3 is 2.33 bits per heavy atom. The maximum atomic E-state index is 12.0. The van der Waals surface area contributed by atoms with Crippen molar-refractivity contribution in [2.75, 3.05) is 25.0 Å². The first kappa shape index (κ1) is 19.1.